The van der Waals surface area contributed by atoms with Crippen LogP contribution >= 0.6 is 0 Å². The summed E-state index contributed by atoms with van der Waals surface area (Å²) in [5, 5.41) is 23.1. The fraction of sp³-hybridized carbons (Fsp3) is 0.960. The lowest BCUT2D eigenvalue weighted by Gasteiger charge is -2.22. The first-order valence-corrected chi connectivity index (χ1v) is 25.3. The molecule has 0 radical (unpaired) electrons. The summed E-state index contributed by atoms with van der Waals surface area (Å²) in [5.41, 5.74) is 0. The number of carbonyl (C=O) groups is 2. The molecule has 0 saturated carbocycles. The van der Waals surface area contributed by atoms with Gasteiger partial charge in [-0.15, -0.1) is 0 Å². The smallest absolute Gasteiger partial charge is 0.305 e. The molecule has 3 N–H and O–H groups in total. The predicted molar refractivity (Wildman–Crippen MR) is 241 cm³/mol. The zero-order valence-electron chi connectivity index (χ0n) is 37.9. The van der Waals surface area contributed by atoms with Gasteiger partial charge >= 0.3 is 5.97 Å². The second kappa shape index (κ2) is 46.5. The Hall–Kier alpha value is -1.14. The summed E-state index contributed by atoms with van der Waals surface area (Å²) in [4.78, 5) is 24.5. The molecule has 0 aromatic heterocycles. The van der Waals surface area contributed by atoms with Gasteiger partial charge in [-0.1, -0.05) is 245 Å². The number of ether oxygens (including phenoxy) is 1. The molecule has 56 heavy (non-hydrogen) atoms. The van der Waals surface area contributed by atoms with Crippen LogP contribution in [0.25, 0.3) is 0 Å². The molecule has 6 nitrogen and oxygen atoms in total. The summed E-state index contributed by atoms with van der Waals surface area (Å²) < 4.78 is 5.47. The van der Waals surface area contributed by atoms with Crippen LogP contribution in [-0.2, 0) is 14.3 Å². The van der Waals surface area contributed by atoms with Gasteiger partial charge in [0.05, 0.1) is 25.4 Å². The minimum Gasteiger partial charge on any atom is -0.466 e. The molecule has 0 aliphatic heterocycles. The van der Waals surface area contributed by atoms with Gasteiger partial charge < -0.3 is 20.3 Å². The molecule has 0 saturated heterocycles. The molecule has 0 spiro atoms. The van der Waals surface area contributed by atoms with Crippen molar-refractivity contribution in [3.05, 3.63) is 0 Å². The number of esters is 1. The Morgan fingerprint density at radius 2 is 0.732 bits per heavy atom. The van der Waals surface area contributed by atoms with E-state index in [1.54, 1.807) is 0 Å². The van der Waals surface area contributed by atoms with Crippen LogP contribution in [-0.4, -0.2) is 47.4 Å². The summed E-state index contributed by atoms with van der Waals surface area (Å²) in [6, 6.07) is -0.552. The van der Waals surface area contributed by atoms with E-state index in [1.165, 1.54) is 193 Å². The molecule has 0 aromatic carbocycles. The van der Waals surface area contributed by atoms with Gasteiger partial charge in [0, 0.05) is 12.8 Å². The van der Waals surface area contributed by atoms with Gasteiger partial charge in [0.15, 0.2) is 0 Å². The van der Waals surface area contributed by atoms with Crippen LogP contribution in [0.15, 0.2) is 0 Å². The fourth-order valence-electron chi connectivity index (χ4n) is 7.99. The van der Waals surface area contributed by atoms with Crippen molar-refractivity contribution in [1.82, 2.24) is 5.32 Å². The third kappa shape index (κ3) is 42.5. The topological polar surface area (TPSA) is 95.9 Å². The number of nitrogens with one attached hydrogen (secondary N) is 1. The molecule has 0 rings (SSSR count). The summed E-state index contributed by atoms with van der Waals surface area (Å²) in [6.07, 6.45) is 50.7. The molecular formula is C50H99NO5. The number of rotatable bonds is 47. The van der Waals surface area contributed by atoms with E-state index < -0.39 is 12.1 Å². The highest BCUT2D eigenvalue weighted by Crippen LogP contribution is 2.17. The van der Waals surface area contributed by atoms with Crippen molar-refractivity contribution in [2.45, 2.75) is 296 Å². The molecule has 0 bridgehead atoms. The molecule has 0 aromatic rings. The minimum atomic E-state index is -0.673. The van der Waals surface area contributed by atoms with Crippen molar-refractivity contribution in [3.8, 4) is 0 Å². The molecule has 0 aliphatic carbocycles. The van der Waals surface area contributed by atoms with E-state index in [2.05, 4.69) is 19.2 Å². The SMILES string of the molecule is CCCCCCCCCCCCCCCCCCCC(=O)OCCCCCCCCCCCCCC(=O)NC(CO)C(O)CCCCCCCCCCCCC. The predicted octanol–water partition coefficient (Wildman–Crippen LogP) is 14.8. The highest BCUT2D eigenvalue weighted by atomic mass is 16.5. The zero-order valence-corrected chi connectivity index (χ0v) is 37.9. The lowest BCUT2D eigenvalue weighted by atomic mass is 10.0. The standard InChI is InChI=1S/C50H99NO5/c1-3-5-7-9-11-13-15-16-17-18-19-20-24-28-32-36-40-44-50(55)56-45-41-37-33-29-25-21-23-27-31-35-39-43-49(54)51-47(46-52)48(53)42-38-34-30-26-22-14-12-10-8-6-4-2/h47-48,52-53H,3-46H2,1-2H3,(H,51,54). The maximum Gasteiger partial charge on any atom is 0.305 e. The fourth-order valence-corrected chi connectivity index (χ4v) is 7.99. The Morgan fingerprint density at radius 3 is 1.09 bits per heavy atom. The molecule has 6 heteroatoms. The van der Waals surface area contributed by atoms with Crippen LogP contribution in [0.3, 0.4) is 0 Å². The third-order valence-corrected chi connectivity index (χ3v) is 11.9. The number of amides is 1. The monoisotopic (exact) mass is 794 g/mol. The van der Waals surface area contributed by atoms with Gasteiger partial charge in [-0.25, -0.2) is 0 Å². The van der Waals surface area contributed by atoms with Gasteiger partial charge in [0.25, 0.3) is 0 Å². The third-order valence-electron chi connectivity index (χ3n) is 11.9. The van der Waals surface area contributed by atoms with Crippen LogP contribution in [0.5, 0.6) is 0 Å². The molecule has 1 amide bonds. The largest absolute Gasteiger partial charge is 0.466 e. The van der Waals surface area contributed by atoms with Gasteiger partial charge in [-0.05, 0) is 25.7 Å². The molecule has 0 heterocycles. The Kier molecular flexibility index (Phi) is 45.6. The zero-order chi connectivity index (χ0) is 40.8. The van der Waals surface area contributed by atoms with Gasteiger partial charge in [-0.2, -0.15) is 0 Å². The summed E-state index contributed by atoms with van der Waals surface area (Å²) in [7, 11) is 0. The van der Waals surface area contributed by atoms with Crippen molar-refractivity contribution in [2.75, 3.05) is 13.2 Å². The van der Waals surface area contributed by atoms with Crippen LogP contribution in [0.2, 0.25) is 0 Å². The first kappa shape index (κ1) is 54.9. The van der Waals surface area contributed by atoms with E-state index >= 15 is 0 Å². The maximum atomic E-state index is 12.4. The van der Waals surface area contributed by atoms with E-state index in [-0.39, 0.29) is 18.5 Å². The van der Waals surface area contributed by atoms with Crippen LogP contribution in [0.4, 0.5) is 0 Å². The van der Waals surface area contributed by atoms with Gasteiger partial charge in [0.1, 0.15) is 0 Å². The average molecular weight is 794 g/mol. The molecular weight excluding hydrogens is 695 g/mol. The lowest BCUT2D eigenvalue weighted by molar-refractivity contribution is -0.143. The van der Waals surface area contributed by atoms with E-state index in [0.717, 1.165) is 57.8 Å². The van der Waals surface area contributed by atoms with Crippen LogP contribution < -0.4 is 5.32 Å². The number of carbonyl (C=O) groups excluding carboxylic acids is 2. The van der Waals surface area contributed by atoms with E-state index in [4.69, 9.17) is 4.74 Å². The van der Waals surface area contributed by atoms with E-state index in [1.807, 2.05) is 0 Å². The number of hydrogen-bond acceptors (Lipinski definition) is 5. The molecule has 2 atom stereocenters. The Labute approximate surface area is 349 Å². The number of hydrogen-bond donors (Lipinski definition) is 3. The van der Waals surface area contributed by atoms with Crippen molar-refractivity contribution < 1.29 is 24.5 Å². The van der Waals surface area contributed by atoms with Crippen molar-refractivity contribution >= 4 is 11.9 Å². The van der Waals surface area contributed by atoms with Crippen LogP contribution in [0, 0.1) is 0 Å². The quantitative estimate of drug-likeness (QED) is 0.0421. The summed E-state index contributed by atoms with van der Waals surface area (Å²) in [5.74, 6) is -0.0628. The summed E-state index contributed by atoms with van der Waals surface area (Å²) >= 11 is 0. The minimum absolute atomic E-state index is 0.00948. The first-order chi connectivity index (χ1) is 27.5. The first-order valence-electron chi connectivity index (χ1n) is 25.3. The molecule has 2 unspecified atom stereocenters. The lowest BCUT2D eigenvalue weighted by Crippen LogP contribution is -2.45. The van der Waals surface area contributed by atoms with Gasteiger partial charge in [-0.3, -0.25) is 9.59 Å². The second-order valence-electron chi connectivity index (χ2n) is 17.5. The average Bonchev–Trinajstić information content (AvgIpc) is 3.20. The van der Waals surface area contributed by atoms with E-state index in [9.17, 15) is 19.8 Å². The Balaban J connectivity index is 3.42. The summed E-state index contributed by atoms with van der Waals surface area (Å²) in [6.45, 7) is 4.91. The van der Waals surface area contributed by atoms with Gasteiger partial charge in [0.2, 0.25) is 5.91 Å². The van der Waals surface area contributed by atoms with E-state index in [0.29, 0.717) is 25.9 Å². The van der Waals surface area contributed by atoms with Crippen molar-refractivity contribution in [1.29, 1.82) is 0 Å². The second-order valence-corrected chi connectivity index (χ2v) is 17.5. The number of unbranched alkanes of at least 4 members (excludes halogenated alkanes) is 36. The van der Waals surface area contributed by atoms with Crippen molar-refractivity contribution in [2.24, 2.45) is 0 Å². The maximum absolute atomic E-state index is 12.4. The highest BCUT2D eigenvalue weighted by Gasteiger charge is 2.20. The Bertz CT molecular complexity index is 791. The number of aliphatic hydroxyl groups is 2. The normalized spacial score (nSPS) is 12.6. The highest BCUT2D eigenvalue weighted by molar-refractivity contribution is 5.76. The molecule has 0 aliphatic rings. The molecule has 0 fully saturated rings. The molecule has 334 valence electrons. The van der Waals surface area contributed by atoms with Crippen molar-refractivity contribution in [3.63, 3.8) is 0 Å². The van der Waals surface area contributed by atoms with Crippen LogP contribution in [0.1, 0.15) is 284 Å². The number of aliphatic hydroxyl groups excluding tert-OH is 2. The Morgan fingerprint density at radius 1 is 0.429 bits per heavy atom.